The van der Waals surface area contributed by atoms with Crippen molar-refractivity contribution in [3.05, 3.63) is 44.7 Å². The first-order valence-electron chi connectivity index (χ1n) is 10.3. The van der Waals surface area contributed by atoms with Crippen LogP contribution in [0.5, 0.6) is 0 Å². The Hall–Kier alpha value is -3.40. The largest absolute Gasteiger partial charge is 0.369 e. The highest BCUT2D eigenvalue weighted by molar-refractivity contribution is 6.31. The van der Waals surface area contributed by atoms with E-state index in [4.69, 9.17) is 17.3 Å². The van der Waals surface area contributed by atoms with Crippen molar-refractivity contribution >= 4 is 46.8 Å². The first kappa shape index (κ1) is 21.8. The number of anilines is 3. The molecule has 0 bridgehead atoms. The predicted octanol–water partition coefficient (Wildman–Crippen LogP) is 1.50. The number of primary amides is 1. The summed E-state index contributed by atoms with van der Waals surface area (Å²) in [5.41, 5.74) is 6.18. The fourth-order valence-corrected chi connectivity index (χ4v) is 4.25. The molecule has 2 aliphatic rings. The van der Waals surface area contributed by atoms with Crippen LogP contribution in [0.2, 0.25) is 5.02 Å². The lowest BCUT2D eigenvalue weighted by molar-refractivity contribution is -0.123. The van der Waals surface area contributed by atoms with E-state index in [1.807, 2.05) is 4.90 Å². The van der Waals surface area contributed by atoms with E-state index in [1.165, 1.54) is 0 Å². The van der Waals surface area contributed by atoms with E-state index in [-0.39, 0.29) is 35.6 Å². The Kier molecular flexibility index (Phi) is 5.88. The van der Waals surface area contributed by atoms with E-state index in [2.05, 4.69) is 20.6 Å². The third-order valence-electron chi connectivity index (χ3n) is 5.98. The van der Waals surface area contributed by atoms with Gasteiger partial charge in [0.25, 0.3) is 5.56 Å². The molecule has 0 aliphatic carbocycles. The van der Waals surface area contributed by atoms with Crippen LogP contribution in [-0.2, 0) is 14.4 Å². The van der Waals surface area contributed by atoms with E-state index < -0.39 is 23.3 Å². The number of halogens is 1. The number of hydrogen-bond acceptors (Lipinski definition) is 6. The third-order valence-corrected chi connectivity index (χ3v) is 6.39. The zero-order valence-corrected chi connectivity index (χ0v) is 18.2. The van der Waals surface area contributed by atoms with Gasteiger partial charge in [0.15, 0.2) is 0 Å². The van der Waals surface area contributed by atoms with Crippen LogP contribution in [0.15, 0.2) is 23.0 Å². The molecule has 0 radical (unpaired) electrons. The van der Waals surface area contributed by atoms with Crippen LogP contribution in [0.25, 0.3) is 0 Å². The number of aromatic amines is 1. The van der Waals surface area contributed by atoms with Crippen molar-refractivity contribution in [2.24, 2.45) is 11.7 Å². The first-order chi connectivity index (χ1) is 15.2. The summed E-state index contributed by atoms with van der Waals surface area (Å²) in [6, 6.07) is 5.11. The minimum Gasteiger partial charge on any atom is -0.369 e. The predicted molar refractivity (Wildman–Crippen MR) is 120 cm³/mol. The van der Waals surface area contributed by atoms with Crippen LogP contribution in [0, 0.1) is 12.8 Å². The summed E-state index contributed by atoms with van der Waals surface area (Å²) in [5.74, 6) is -2.09. The number of piperidine rings is 1. The standard InChI is InChI=1S/C21H23ClN6O4/c1-10-13(22)3-2-4-14(10)24-19(31)12-9-15(29)25-18-16(12)20(32)27-21(26-18)28-7-5-11(6-8-28)17(23)30/h2-4,11-12H,5-9H2,1H3,(H2,23,30)(H,24,31)(H2,25,26,27,29,32). The van der Waals surface area contributed by atoms with Crippen molar-refractivity contribution in [3.63, 3.8) is 0 Å². The topological polar surface area (TPSA) is 150 Å². The first-order valence-corrected chi connectivity index (χ1v) is 10.7. The van der Waals surface area contributed by atoms with Gasteiger partial charge in [0.05, 0.1) is 11.5 Å². The summed E-state index contributed by atoms with van der Waals surface area (Å²) in [6.45, 7) is 2.74. The number of aromatic nitrogens is 2. The lowest BCUT2D eigenvalue weighted by Gasteiger charge is -2.32. The third kappa shape index (κ3) is 4.18. The number of carbonyl (C=O) groups excluding carboxylic acids is 3. The van der Waals surface area contributed by atoms with Gasteiger partial charge in [-0.05, 0) is 37.5 Å². The molecule has 3 amide bonds. The molecule has 1 atom stereocenters. The van der Waals surface area contributed by atoms with Crippen molar-refractivity contribution in [3.8, 4) is 0 Å². The van der Waals surface area contributed by atoms with Crippen molar-refractivity contribution in [1.82, 2.24) is 9.97 Å². The molecule has 11 heteroatoms. The Bertz CT molecular complexity index is 1160. The van der Waals surface area contributed by atoms with Crippen LogP contribution >= 0.6 is 11.6 Å². The van der Waals surface area contributed by atoms with Crippen LogP contribution in [-0.4, -0.2) is 40.8 Å². The van der Waals surface area contributed by atoms with Gasteiger partial charge in [-0.25, -0.2) is 0 Å². The lowest BCUT2D eigenvalue weighted by Crippen LogP contribution is -2.41. The van der Waals surface area contributed by atoms with Crippen molar-refractivity contribution in [2.45, 2.75) is 32.1 Å². The van der Waals surface area contributed by atoms with E-state index in [0.29, 0.717) is 42.2 Å². The molecule has 1 unspecified atom stereocenters. The van der Waals surface area contributed by atoms with Gasteiger partial charge < -0.3 is 21.3 Å². The van der Waals surface area contributed by atoms with E-state index >= 15 is 0 Å². The summed E-state index contributed by atoms with van der Waals surface area (Å²) in [7, 11) is 0. The number of fused-ring (bicyclic) bond motifs is 1. The number of nitrogens with two attached hydrogens (primary N) is 1. The number of nitrogens with zero attached hydrogens (tertiary/aromatic N) is 2. The normalized spacial score (nSPS) is 18.6. The molecule has 0 spiro atoms. The van der Waals surface area contributed by atoms with Gasteiger partial charge in [-0.15, -0.1) is 0 Å². The molecule has 10 nitrogen and oxygen atoms in total. The fourth-order valence-electron chi connectivity index (χ4n) is 4.07. The van der Waals surface area contributed by atoms with Crippen LogP contribution < -0.4 is 26.8 Å². The van der Waals surface area contributed by atoms with Crippen LogP contribution in [0.4, 0.5) is 17.5 Å². The van der Waals surface area contributed by atoms with Crippen molar-refractivity contribution in [2.75, 3.05) is 28.6 Å². The van der Waals surface area contributed by atoms with E-state index in [9.17, 15) is 19.2 Å². The number of H-pyrrole nitrogens is 1. The molecule has 1 aromatic heterocycles. The van der Waals surface area contributed by atoms with Gasteiger partial charge in [-0.2, -0.15) is 4.98 Å². The molecule has 3 heterocycles. The average Bonchev–Trinajstić information content (AvgIpc) is 2.76. The molecule has 2 aliphatic heterocycles. The molecular weight excluding hydrogens is 436 g/mol. The molecule has 168 valence electrons. The van der Waals surface area contributed by atoms with Gasteiger partial charge in [0.1, 0.15) is 5.82 Å². The van der Waals surface area contributed by atoms with Gasteiger partial charge in [-0.1, -0.05) is 17.7 Å². The number of benzene rings is 1. The fraction of sp³-hybridized carbons (Fsp3) is 0.381. The van der Waals surface area contributed by atoms with Gasteiger partial charge in [0, 0.05) is 36.1 Å². The Labute approximate surface area is 188 Å². The van der Waals surface area contributed by atoms with Gasteiger partial charge in [0.2, 0.25) is 23.7 Å². The average molecular weight is 459 g/mol. The molecule has 4 rings (SSSR count). The van der Waals surface area contributed by atoms with Crippen LogP contribution in [0.3, 0.4) is 0 Å². The minimum absolute atomic E-state index is 0.0694. The number of amides is 3. The Morgan fingerprint density at radius 3 is 2.66 bits per heavy atom. The SMILES string of the molecule is Cc1c(Cl)cccc1NC(=O)C1CC(=O)Nc2nc(N3CCC(C(N)=O)CC3)[nH]c(=O)c21. The van der Waals surface area contributed by atoms with Gasteiger partial charge in [-0.3, -0.25) is 24.2 Å². The summed E-state index contributed by atoms with van der Waals surface area (Å²) < 4.78 is 0. The lowest BCUT2D eigenvalue weighted by atomic mass is 9.92. The van der Waals surface area contributed by atoms with Crippen molar-refractivity contribution in [1.29, 1.82) is 0 Å². The number of hydrogen-bond donors (Lipinski definition) is 4. The molecule has 1 aromatic carbocycles. The van der Waals surface area contributed by atoms with Crippen molar-refractivity contribution < 1.29 is 14.4 Å². The molecule has 0 saturated carbocycles. The summed E-state index contributed by atoms with van der Waals surface area (Å²) >= 11 is 6.12. The summed E-state index contributed by atoms with van der Waals surface area (Å²) in [4.78, 5) is 58.6. The zero-order valence-electron chi connectivity index (χ0n) is 17.4. The highest BCUT2D eigenvalue weighted by Gasteiger charge is 2.35. The van der Waals surface area contributed by atoms with Crippen LogP contribution in [0.1, 0.15) is 36.3 Å². The quantitative estimate of drug-likeness (QED) is 0.545. The second kappa shape index (κ2) is 8.62. The smallest absolute Gasteiger partial charge is 0.258 e. The summed E-state index contributed by atoms with van der Waals surface area (Å²) in [5, 5.41) is 5.86. The highest BCUT2D eigenvalue weighted by Crippen LogP contribution is 2.32. The molecule has 2 aromatic rings. The Morgan fingerprint density at radius 1 is 1.25 bits per heavy atom. The Morgan fingerprint density at radius 2 is 1.97 bits per heavy atom. The maximum absolute atomic E-state index is 13.0. The summed E-state index contributed by atoms with van der Waals surface area (Å²) in [6.07, 6.45) is 0.922. The number of carbonyl (C=O) groups is 3. The maximum Gasteiger partial charge on any atom is 0.258 e. The highest BCUT2D eigenvalue weighted by atomic mass is 35.5. The molecule has 1 saturated heterocycles. The van der Waals surface area contributed by atoms with E-state index in [1.54, 1.807) is 25.1 Å². The molecular formula is C21H23ClN6O4. The Balaban J connectivity index is 1.61. The monoisotopic (exact) mass is 458 g/mol. The molecule has 1 fully saturated rings. The second-order valence-corrected chi connectivity index (χ2v) is 8.43. The molecule has 5 N–H and O–H groups in total. The molecule has 32 heavy (non-hydrogen) atoms. The number of rotatable bonds is 4. The number of nitrogens with one attached hydrogen (secondary N) is 3. The second-order valence-electron chi connectivity index (χ2n) is 8.02. The maximum atomic E-state index is 13.0. The van der Waals surface area contributed by atoms with Gasteiger partial charge >= 0.3 is 0 Å². The minimum atomic E-state index is -0.997. The zero-order chi connectivity index (χ0) is 23.0. The van der Waals surface area contributed by atoms with E-state index in [0.717, 1.165) is 0 Å².